The van der Waals surface area contributed by atoms with Gasteiger partial charge in [-0.2, -0.15) is 34.9 Å². The molecule has 1 aromatic rings. The Bertz CT molecular complexity index is 800. The maximum atomic E-state index is 12.5. The quantitative estimate of drug-likeness (QED) is 0.561. The third-order valence-electron chi connectivity index (χ3n) is 3.40. The number of aryl methyl sites for hydroxylation is 2. The highest BCUT2D eigenvalue weighted by Crippen LogP contribution is 2.30. The number of Topliss-reactive ketones (excluding diaryl/α,β-unsaturated/α-hetero) is 2. The number of alkyl halides is 6. The van der Waals surface area contributed by atoms with Gasteiger partial charge < -0.3 is 5.32 Å². The van der Waals surface area contributed by atoms with Crippen LogP contribution in [0.25, 0.3) is 0 Å². The summed E-state index contributed by atoms with van der Waals surface area (Å²) in [7, 11) is 0. The van der Waals surface area contributed by atoms with Gasteiger partial charge in [-0.05, 0) is 49.4 Å². The van der Waals surface area contributed by atoms with Gasteiger partial charge in [0.2, 0.25) is 11.5 Å². The Hall–Kier alpha value is -2.50. The van der Waals surface area contributed by atoms with E-state index in [0.717, 1.165) is 5.56 Å². The molecule has 12 heteroatoms. The molecule has 0 unspecified atom stereocenters. The molecule has 148 valence electrons. The first-order valence-corrected chi connectivity index (χ1v) is 7.75. The minimum Gasteiger partial charge on any atom is -0.360 e. The monoisotopic (exact) mass is 414 g/mol. The Morgan fingerprint density at radius 3 is 1.96 bits per heavy atom. The van der Waals surface area contributed by atoms with E-state index in [1.165, 1.54) is 12.1 Å². The number of ketones is 2. The lowest BCUT2D eigenvalue weighted by atomic mass is 9.98. The van der Waals surface area contributed by atoms with Crippen LogP contribution in [0.1, 0.15) is 11.1 Å². The molecule has 0 amide bonds. The molecule has 0 fully saturated rings. The van der Waals surface area contributed by atoms with Crippen molar-refractivity contribution in [1.29, 1.82) is 0 Å². The van der Waals surface area contributed by atoms with E-state index in [0.29, 0.717) is 11.8 Å². The molecule has 5 nitrogen and oxygen atoms in total. The molecular formula is C15H12F6N2O3S. The van der Waals surface area contributed by atoms with Crippen molar-refractivity contribution in [2.24, 2.45) is 10.3 Å². The zero-order valence-electron chi connectivity index (χ0n) is 13.7. The average Bonchev–Trinajstić information content (AvgIpc) is 2.53. The molecule has 1 aromatic carbocycles. The Labute approximate surface area is 152 Å². The summed E-state index contributed by atoms with van der Waals surface area (Å²) >= 11 is -0.155. The van der Waals surface area contributed by atoms with Crippen molar-refractivity contribution >= 4 is 34.4 Å². The largest absolute Gasteiger partial charge is 0.451 e. The molecule has 0 atom stereocenters. The SMILES string of the molecule is Cc1cc(N=S=O)c(N/C=C/C(C(=O)C(F)(F)F)C(=O)C(F)(F)F)cc1C. The van der Waals surface area contributed by atoms with Gasteiger partial charge in [0.1, 0.15) is 11.6 Å². The van der Waals surface area contributed by atoms with Gasteiger partial charge in [-0.15, -0.1) is 0 Å². The van der Waals surface area contributed by atoms with Gasteiger partial charge in [-0.3, -0.25) is 9.59 Å². The van der Waals surface area contributed by atoms with Crippen molar-refractivity contribution in [1.82, 2.24) is 0 Å². The Kier molecular flexibility index (Phi) is 7.06. The van der Waals surface area contributed by atoms with Gasteiger partial charge in [0.15, 0.2) is 0 Å². The molecule has 1 rings (SSSR count). The molecular weight excluding hydrogens is 402 g/mol. The summed E-state index contributed by atoms with van der Waals surface area (Å²) in [6.07, 6.45) is -10.5. The zero-order chi connectivity index (χ0) is 21.0. The Morgan fingerprint density at radius 2 is 1.52 bits per heavy atom. The second kappa shape index (κ2) is 8.46. The first kappa shape index (κ1) is 22.5. The molecule has 27 heavy (non-hydrogen) atoms. The molecule has 0 heterocycles. The molecule has 0 saturated carbocycles. The molecule has 0 aliphatic rings. The van der Waals surface area contributed by atoms with Crippen LogP contribution in [-0.4, -0.2) is 28.1 Å². The van der Waals surface area contributed by atoms with Crippen LogP contribution in [0.5, 0.6) is 0 Å². The third-order valence-corrected chi connectivity index (χ3v) is 3.67. The number of carbonyl (C=O) groups excluding carboxylic acids is 2. The number of nitrogens with zero attached hydrogens (tertiary/aromatic N) is 1. The molecule has 0 aliphatic heterocycles. The number of halogens is 6. The van der Waals surface area contributed by atoms with Crippen LogP contribution in [0.15, 0.2) is 28.8 Å². The number of hydrogen-bond acceptors (Lipinski definition) is 5. The van der Waals surface area contributed by atoms with E-state index in [1.807, 2.05) is 0 Å². The number of anilines is 1. The van der Waals surface area contributed by atoms with E-state index in [1.54, 1.807) is 13.8 Å². The molecule has 1 N–H and O–H groups in total. The van der Waals surface area contributed by atoms with Crippen LogP contribution in [-0.2, 0) is 21.1 Å². The maximum Gasteiger partial charge on any atom is 0.451 e. The Morgan fingerprint density at radius 1 is 1.04 bits per heavy atom. The summed E-state index contributed by atoms with van der Waals surface area (Å²) in [5, 5.41) is 2.34. The van der Waals surface area contributed by atoms with Crippen LogP contribution in [0, 0.1) is 19.8 Å². The molecule has 0 aromatic heterocycles. The summed E-state index contributed by atoms with van der Waals surface area (Å²) in [4.78, 5) is 22.4. The highest BCUT2D eigenvalue weighted by atomic mass is 32.1. The van der Waals surface area contributed by atoms with Gasteiger partial charge >= 0.3 is 12.4 Å². The summed E-state index contributed by atoms with van der Waals surface area (Å²) in [6.45, 7) is 3.37. The summed E-state index contributed by atoms with van der Waals surface area (Å²) in [5.74, 6) is -8.77. The standard InChI is InChI=1S/C15H12F6N2O3S/c1-7-5-10(11(23-27-26)6-8(7)2)22-4-3-9(12(24)14(16,17)18)13(25)15(19,20)21/h3-6,9,22H,1-2H3/b4-3+. The molecule has 0 radical (unpaired) electrons. The summed E-state index contributed by atoms with van der Waals surface area (Å²) in [5.41, 5.74) is 1.60. The number of nitrogens with one attached hydrogen (secondary N) is 1. The first-order chi connectivity index (χ1) is 12.3. The number of rotatable bonds is 6. The number of benzene rings is 1. The highest BCUT2D eigenvalue weighted by Gasteiger charge is 2.52. The lowest BCUT2D eigenvalue weighted by Gasteiger charge is -2.15. The summed E-state index contributed by atoms with van der Waals surface area (Å²) < 4.78 is 89.0. The van der Waals surface area contributed by atoms with Crippen molar-refractivity contribution in [2.75, 3.05) is 5.32 Å². The van der Waals surface area contributed by atoms with Crippen molar-refractivity contribution < 1.29 is 40.1 Å². The van der Waals surface area contributed by atoms with E-state index in [-0.39, 0.29) is 28.9 Å². The van der Waals surface area contributed by atoms with Crippen molar-refractivity contribution in [3.05, 3.63) is 35.5 Å². The van der Waals surface area contributed by atoms with Gasteiger partial charge in [-0.25, -0.2) is 0 Å². The Balaban J connectivity index is 3.22. The molecule has 0 spiro atoms. The molecule has 0 bridgehead atoms. The minimum absolute atomic E-state index is 0.0867. The van der Waals surface area contributed by atoms with Crippen molar-refractivity contribution in [2.45, 2.75) is 26.2 Å². The average molecular weight is 414 g/mol. The lowest BCUT2D eigenvalue weighted by molar-refractivity contribution is -0.187. The topological polar surface area (TPSA) is 75.6 Å². The van der Waals surface area contributed by atoms with E-state index < -0.39 is 29.8 Å². The molecule has 0 saturated heterocycles. The van der Waals surface area contributed by atoms with E-state index in [4.69, 9.17) is 0 Å². The number of allylic oxidation sites excluding steroid dienone is 1. The maximum absolute atomic E-state index is 12.5. The fourth-order valence-corrected chi connectivity index (χ4v) is 2.14. The summed E-state index contributed by atoms with van der Waals surface area (Å²) in [6, 6.07) is 2.91. The van der Waals surface area contributed by atoms with Crippen molar-refractivity contribution in [3.8, 4) is 0 Å². The lowest BCUT2D eigenvalue weighted by Crippen LogP contribution is -2.40. The predicted molar refractivity (Wildman–Crippen MR) is 84.5 cm³/mol. The van der Waals surface area contributed by atoms with Gasteiger partial charge in [0.05, 0.1) is 5.69 Å². The zero-order valence-corrected chi connectivity index (χ0v) is 14.6. The molecule has 0 aliphatic carbocycles. The van der Waals surface area contributed by atoms with Crippen LogP contribution >= 0.6 is 0 Å². The van der Waals surface area contributed by atoms with Gasteiger partial charge in [-0.1, -0.05) is 0 Å². The highest BCUT2D eigenvalue weighted by molar-refractivity contribution is 7.54. The van der Waals surface area contributed by atoms with E-state index in [2.05, 4.69) is 9.68 Å². The fourth-order valence-electron chi connectivity index (χ4n) is 1.91. The van der Waals surface area contributed by atoms with Crippen LogP contribution in [0.2, 0.25) is 0 Å². The number of hydrogen-bond donors (Lipinski definition) is 1. The van der Waals surface area contributed by atoms with Crippen LogP contribution in [0.3, 0.4) is 0 Å². The second-order valence-electron chi connectivity index (χ2n) is 5.32. The fraction of sp³-hybridized carbons (Fsp3) is 0.333. The van der Waals surface area contributed by atoms with Crippen LogP contribution < -0.4 is 5.32 Å². The first-order valence-electron chi connectivity index (χ1n) is 7.05. The normalized spacial score (nSPS) is 12.3. The van der Waals surface area contributed by atoms with Gasteiger partial charge in [0, 0.05) is 0 Å². The minimum atomic E-state index is -5.63. The van der Waals surface area contributed by atoms with Gasteiger partial charge in [0.25, 0.3) is 11.6 Å². The number of carbonyl (C=O) groups is 2. The van der Waals surface area contributed by atoms with Crippen LogP contribution in [0.4, 0.5) is 37.7 Å². The van der Waals surface area contributed by atoms with Crippen molar-refractivity contribution in [3.63, 3.8) is 0 Å². The third kappa shape index (κ3) is 6.01. The smallest absolute Gasteiger partial charge is 0.360 e. The van der Waals surface area contributed by atoms with E-state index >= 15 is 0 Å². The van der Waals surface area contributed by atoms with E-state index in [9.17, 15) is 40.1 Å². The predicted octanol–water partition coefficient (Wildman–Crippen LogP) is 4.14. The second-order valence-corrected chi connectivity index (χ2v) is 5.66.